The van der Waals surface area contributed by atoms with Crippen molar-refractivity contribution in [2.45, 2.75) is 82.8 Å². The number of aliphatic carboxylic acids is 1. The third kappa shape index (κ3) is 7.54. The van der Waals surface area contributed by atoms with Crippen molar-refractivity contribution in [1.29, 1.82) is 0 Å². The quantitative estimate of drug-likeness (QED) is 0.497. The van der Waals surface area contributed by atoms with Crippen molar-refractivity contribution in [3.8, 4) is 5.95 Å². The van der Waals surface area contributed by atoms with E-state index in [2.05, 4.69) is 0 Å². The highest BCUT2D eigenvalue weighted by Gasteiger charge is 2.27. The Labute approximate surface area is 166 Å². The topological polar surface area (TPSA) is 100 Å². The Morgan fingerprint density at radius 2 is 2.11 bits per heavy atom. The first-order chi connectivity index (χ1) is 13.5. The number of rotatable bonds is 13. The van der Waals surface area contributed by atoms with Gasteiger partial charge in [-0.15, -0.1) is 0 Å². The smallest absolute Gasteiger partial charge is 0.303 e. The van der Waals surface area contributed by atoms with Gasteiger partial charge in [0, 0.05) is 37.9 Å². The van der Waals surface area contributed by atoms with E-state index in [0.29, 0.717) is 37.4 Å². The van der Waals surface area contributed by atoms with Crippen molar-refractivity contribution >= 4 is 11.9 Å². The summed E-state index contributed by atoms with van der Waals surface area (Å²) in [6.45, 7) is 0.724. The first-order valence-corrected chi connectivity index (χ1v) is 10.3. The summed E-state index contributed by atoms with van der Waals surface area (Å²) in [6.07, 6.45) is 7.44. The first-order valence-electron chi connectivity index (χ1n) is 10.3. The molecule has 1 aromatic rings. The monoisotopic (exact) mass is 395 g/mol. The molecule has 1 unspecified atom stereocenters. The Balaban J connectivity index is 1.72. The molecule has 1 aliphatic rings. The second-order valence-electron chi connectivity index (χ2n) is 7.55. The number of methoxy groups -OCH3 is 1. The van der Waals surface area contributed by atoms with E-state index >= 15 is 0 Å². The number of ether oxygens (including phenoxy) is 1. The summed E-state index contributed by atoms with van der Waals surface area (Å²) in [5, 5.41) is 19.0. The highest BCUT2D eigenvalue weighted by molar-refractivity contribution is 5.77. The van der Waals surface area contributed by atoms with Gasteiger partial charge in [0.05, 0.1) is 13.2 Å². The Hall–Kier alpha value is -2.02. The predicted molar refractivity (Wildman–Crippen MR) is 104 cm³/mol. The van der Waals surface area contributed by atoms with Crippen LogP contribution in [0.3, 0.4) is 0 Å². The van der Waals surface area contributed by atoms with E-state index in [9.17, 15) is 14.7 Å². The number of furan rings is 1. The summed E-state index contributed by atoms with van der Waals surface area (Å²) in [7, 11) is 1.54. The minimum Gasteiger partial charge on any atom is -0.481 e. The maximum Gasteiger partial charge on any atom is 0.303 e. The SMILES string of the molecule is COc1ccc(CC(O)CC[C@H]2CCCC(=O)N2CCCCCCC(=O)O)o1. The highest BCUT2D eigenvalue weighted by atomic mass is 16.6. The Morgan fingerprint density at radius 3 is 2.82 bits per heavy atom. The maximum atomic E-state index is 12.3. The van der Waals surface area contributed by atoms with Gasteiger partial charge in [-0.3, -0.25) is 9.59 Å². The third-order valence-electron chi connectivity index (χ3n) is 5.34. The zero-order valence-electron chi connectivity index (χ0n) is 16.8. The molecule has 1 amide bonds. The average molecular weight is 395 g/mol. The van der Waals surface area contributed by atoms with Gasteiger partial charge in [0.1, 0.15) is 5.76 Å². The number of aliphatic hydroxyl groups is 1. The molecule has 2 rings (SSSR count). The molecule has 2 heterocycles. The summed E-state index contributed by atoms with van der Waals surface area (Å²) in [5.41, 5.74) is 0. The molecule has 0 bridgehead atoms. The van der Waals surface area contributed by atoms with E-state index in [0.717, 1.165) is 45.1 Å². The van der Waals surface area contributed by atoms with Gasteiger partial charge in [-0.25, -0.2) is 0 Å². The van der Waals surface area contributed by atoms with Crippen LogP contribution in [0.15, 0.2) is 16.5 Å². The van der Waals surface area contributed by atoms with Crippen LogP contribution in [0.25, 0.3) is 0 Å². The zero-order valence-corrected chi connectivity index (χ0v) is 16.8. The lowest BCUT2D eigenvalue weighted by Gasteiger charge is -2.36. The lowest BCUT2D eigenvalue weighted by Crippen LogP contribution is -2.44. The molecular weight excluding hydrogens is 362 g/mol. The van der Waals surface area contributed by atoms with Crippen LogP contribution in [0.2, 0.25) is 0 Å². The summed E-state index contributed by atoms with van der Waals surface area (Å²) in [5.74, 6) is 0.585. The third-order valence-corrected chi connectivity index (χ3v) is 5.34. The van der Waals surface area contributed by atoms with Gasteiger partial charge in [0.15, 0.2) is 0 Å². The fourth-order valence-corrected chi connectivity index (χ4v) is 3.81. The number of hydrogen-bond acceptors (Lipinski definition) is 5. The highest BCUT2D eigenvalue weighted by Crippen LogP contribution is 2.24. The van der Waals surface area contributed by atoms with Crippen LogP contribution in [0.1, 0.15) is 70.0 Å². The molecule has 2 atom stereocenters. The summed E-state index contributed by atoms with van der Waals surface area (Å²) in [4.78, 5) is 24.9. The van der Waals surface area contributed by atoms with E-state index in [1.165, 1.54) is 0 Å². The van der Waals surface area contributed by atoms with Crippen molar-refractivity contribution in [2.75, 3.05) is 13.7 Å². The van der Waals surface area contributed by atoms with E-state index in [1.54, 1.807) is 13.2 Å². The predicted octanol–water partition coefficient (Wildman–Crippen LogP) is 3.39. The van der Waals surface area contributed by atoms with Crippen LogP contribution in [-0.2, 0) is 16.0 Å². The molecule has 1 saturated heterocycles. The van der Waals surface area contributed by atoms with E-state index in [-0.39, 0.29) is 18.4 Å². The molecule has 0 aliphatic carbocycles. The minimum absolute atomic E-state index is 0.182. The van der Waals surface area contributed by atoms with Crippen molar-refractivity contribution in [2.24, 2.45) is 0 Å². The van der Waals surface area contributed by atoms with Gasteiger partial charge in [-0.05, 0) is 44.6 Å². The number of nitrogens with zero attached hydrogens (tertiary/aromatic N) is 1. The number of carbonyl (C=O) groups excluding carboxylic acids is 1. The first kappa shape index (κ1) is 22.3. The number of unbranched alkanes of at least 4 members (excludes halogenated alkanes) is 3. The Morgan fingerprint density at radius 1 is 1.32 bits per heavy atom. The number of carbonyl (C=O) groups is 2. The molecule has 7 nitrogen and oxygen atoms in total. The fraction of sp³-hybridized carbons (Fsp3) is 0.714. The van der Waals surface area contributed by atoms with Gasteiger partial charge < -0.3 is 24.3 Å². The van der Waals surface area contributed by atoms with Crippen molar-refractivity contribution < 1.29 is 29.0 Å². The molecule has 0 saturated carbocycles. The number of carboxylic acids is 1. The molecule has 1 aliphatic heterocycles. The molecule has 28 heavy (non-hydrogen) atoms. The van der Waals surface area contributed by atoms with E-state index < -0.39 is 12.1 Å². The number of hydrogen-bond donors (Lipinski definition) is 2. The van der Waals surface area contributed by atoms with Gasteiger partial charge in [-0.1, -0.05) is 12.8 Å². The van der Waals surface area contributed by atoms with Crippen LogP contribution < -0.4 is 4.74 Å². The second kappa shape index (κ2) is 11.7. The van der Waals surface area contributed by atoms with Gasteiger partial charge in [-0.2, -0.15) is 0 Å². The van der Waals surface area contributed by atoms with Gasteiger partial charge in [0.25, 0.3) is 5.95 Å². The van der Waals surface area contributed by atoms with Crippen LogP contribution in [0.5, 0.6) is 5.95 Å². The summed E-state index contributed by atoms with van der Waals surface area (Å²) in [6, 6.07) is 3.73. The number of aliphatic hydroxyl groups excluding tert-OH is 1. The van der Waals surface area contributed by atoms with Crippen LogP contribution >= 0.6 is 0 Å². The van der Waals surface area contributed by atoms with Crippen LogP contribution in [-0.4, -0.2) is 52.8 Å². The second-order valence-corrected chi connectivity index (χ2v) is 7.55. The molecular formula is C21H33NO6. The molecule has 0 spiro atoms. The standard InChI is InChI=1S/C21H33NO6/c1-27-21-13-12-18(28-21)15-17(23)11-10-16-7-6-8-19(24)22(16)14-5-3-2-4-9-20(25)26/h12-13,16-17,23H,2-11,14-15H2,1H3,(H,25,26)/t16-,17?/m1/s1. The maximum absolute atomic E-state index is 12.3. The molecule has 158 valence electrons. The van der Waals surface area contributed by atoms with Crippen molar-refractivity contribution in [3.05, 3.63) is 17.9 Å². The Bertz CT molecular complexity index is 614. The molecule has 2 N–H and O–H groups in total. The van der Waals surface area contributed by atoms with E-state index in [1.807, 2.05) is 11.0 Å². The number of piperidine rings is 1. The molecule has 0 aromatic carbocycles. The van der Waals surface area contributed by atoms with Crippen LogP contribution in [0.4, 0.5) is 0 Å². The molecule has 7 heteroatoms. The Kier molecular flexibility index (Phi) is 9.34. The number of amides is 1. The molecule has 0 radical (unpaired) electrons. The molecule has 1 aromatic heterocycles. The zero-order chi connectivity index (χ0) is 20.4. The van der Waals surface area contributed by atoms with Gasteiger partial charge >= 0.3 is 5.97 Å². The van der Waals surface area contributed by atoms with E-state index in [4.69, 9.17) is 14.3 Å². The molecule has 1 fully saturated rings. The lowest BCUT2D eigenvalue weighted by molar-refractivity contribution is -0.137. The van der Waals surface area contributed by atoms with Crippen LogP contribution in [0, 0.1) is 0 Å². The largest absolute Gasteiger partial charge is 0.481 e. The summed E-state index contributed by atoms with van der Waals surface area (Å²) < 4.78 is 10.5. The van der Waals surface area contributed by atoms with Crippen molar-refractivity contribution in [1.82, 2.24) is 4.90 Å². The average Bonchev–Trinajstić information content (AvgIpc) is 3.11. The fourth-order valence-electron chi connectivity index (χ4n) is 3.81. The normalized spacial score (nSPS) is 18.3. The minimum atomic E-state index is -0.752. The lowest BCUT2D eigenvalue weighted by atomic mass is 9.95. The summed E-state index contributed by atoms with van der Waals surface area (Å²) >= 11 is 0. The number of carboxylic acid groups (broad SMARTS) is 1. The number of likely N-dealkylation sites (tertiary alicyclic amines) is 1. The van der Waals surface area contributed by atoms with Gasteiger partial charge in [0.2, 0.25) is 5.91 Å². The van der Waals surface area contributed by atoms with Crippen molar-refractivity contribution in [3.63, 3.8) is 0 Å².